The number of hydrogen-bond donors (Lipinski definition) is 2. The van der Waals surface area contributed by atoms with E-state index < -0.39 is 0 Å². The van der Waals surface area contributed by atoms with Gasteiger partial charge in [0.05, 0.1) is 12.8 Å². The third kappa shape index (κ3) is 3.37. The minimum atomic E-state index is -0.321. The molecule has 1 aliphatic heterocycles. The summed E-state index contributed by atoms with van der Waals surface area (Å²) in [6, 6.07) is 12.3. The van der Waals surface area contributed by atoms with Crippen molar-refractivity contribution in [2.45, 2.75) is 6.54 Å². The van der Waals surface area contributed by atoms with Gasteiger partial charge in [-0.15, -0.1) is 10.2 Å². The molecule has 0 radical (unpaired) electrons. The van der Waals surface area contributed by atoms with Crippen LogP contribution in [-0.2, 0) is 6.54 Å². The van der Waals surface area contributed by atoms with Crippen LogP contribution in [0.15, 0.2) is 53.1 Å². The molecular formula is C17H14N4O4. The zero-order valence-corrected chi connectivity index (χ0v) is 13.1. The molecule has 1 amide bonds. The molecule has 4 rings (SSSR count). The molecule has 2 aromatic heterocycles. The van der Waals surface area contributed by atoms with Crippen molar-refractivity contribution in [1.82, 2.24) is 15.5 Å². The Morgan fingerprint density at radius 2 is 2.00 bits per heavy atom. The van der Waals surface area contributed by atoms with E-state index in [4.69, 9.17) is 13.9 Å². The molecule has 0 spiro atoms. The van der Waals surface area contributed by atoms with Crippen molar-refractivity contribution in [2.75, 3.05) is 12.1 Å². The van der Waals surface area contributed by atoms with Crippen LogP contribution in [0.2, 0.25) is 0 Å². The molecule has 0 fully saturated rings. The van der Waals surface area contributed by atoms with E-state index in [0.717, 1.165) is 5.69 Å². The number of carbonyl (C=O) groups is 1. The third-order valence-corrected chi connectivity index (χ3v) is 3.55. The molecule has 0 atom stereocenters. The number of ether oxygens (including phenoxy) is 2. The van der Waals surface area contributed by atoms with Crippen LogP contribution in [0.3, 0.4) is 0 Å². The first-order valence-corrected chi connectivity index (χ1v) is 7.59. The number of nitrogens with one attached hydrogen (secondary N) is 2. The molecule has 1 aromatic carbocycles. The van der Waals surface area contributed by atoms with Gasteiger partial charge in [-0.2, -0.15) is 0 Å². The molecule has 8 heteroatoms. The molecule has 3 heterocycles. The lowest BCUT2D eigenvalue weighted by Gasteiger charge is -2.07. The average molecular weight is 338 g/mol. The molecule has 0 saturated heterocycles. The first-order valence-electron chi connectivity index (χ1n) is 7.59. The van der Waals surface area contributed by atoms with E-state index in [9.17, 15) is 4.79 Å². The van der Waals surface area contributed by atoms with Gasteiger partial charge in [0.25, 0.3) is 5.91 Å². The highest BCUT2D eigenvalue weighted by Crippen LogP contribution is 2.34. The molecule has 8 nitrogen and oxygen atoms in total. The van der Waals surface area contributed by atoms with Gasteiger partial charge >= 0.3 is 0 Å². The summed E-state index contributed by atoms with van der Waals surface area (Å²) in [4.78, 5) is 12.0. The van der Waals surface area contributed by atoms with Crippen molar-refractivity contribution < 1.29 is 18.7 Å². The Morgan fingerprint density at radius 3 is 2.80 bits per heavy atom. The minimum Gasteiger partial charge on any atom is -0.467 e. The number of hydrogen-bond acceptors (Lipinski definition) is 7. The summed E-state index contributed by atoms with van der Waals surface area (Å²) < 4.78 is 15.7. The maximum atomic E-state index is 12.0. The standard InChI is InChI=1S/C17H14N4O4/c22-17(18-9-12-2-1-7-23-12)13-4-6-16(21-20-13)19-11-3-5-14-15(8-11)25-10-24-14/h1-8H,9-10H2,(H,18,22)(H,19,21). The van der Waals surface area contributed by atoms with Gasteiger partial charge < -0.3 is 24.5 Å². The summed E-state index contributed by atoms with van der Waals surface area (Å²) in [6.45, 7) is 0.519. The summed E-state index contributed by atoms with van der Waals surface area (Å²) in [5.41, 5.74) is 1.01. The van der Waals surface area contributed by atoms with Crippen LogP contribution < -0.4 is 20.1 Å². The number of amides is 1. The van der Waals surface area contributed by atoms with E-state index in [0.29, 0.717) is 29.6 Å². The Labute approximate surface area is 142 Å². The number of anilines is 2. The quantitative estimate of drug-likeness (QED) is 0.737. The predicted molar refractivity (Wildman–Crippen MR) is 87.8 cm³/mol. The van der Waals surface area contributed by atoms with E-state index in [2.05, 4.69) is 20.8 Å². The SMILES string of the molecule is O=C(NCc1ccco1)c1ccc(Nc2ccc3c(c2)OCO3)nn1. The maximum absolute atomic E-state index is 12.0. The fraction of sp³-hybridized carbons (Fsp3) is 0.118. The second kappa shape index (κ2) is 6.52. The van der Waals surface area contributed by atoms with Gasteiger partial charge in [-0.1, -0.05) is 0 Å². The largest absolute Gasteiger partial charge is 0.467 e. The van der Waals surface area contributed by atoms with Gasteiger partial charge in [0.2, 0.25) is 6.79 Å². The van der Waals surface area contributed by atoms with Crippen LogP contribution in [0.25, 0.3) is 0 Å². The molecule has 3 aromatic rings. The van der Waals surface area contributed by atoms with Gasteiger partial charge in [-0.25, -0.2) is 0 Å². The molecule has 0 saturated carbocycles. The number of carbonyl (C=O) groups excluding carboxylic acids is 1. The molecule has 25 heavy (non-hydrogen) atoms. The van der Waals surface area contributed by atoms with Crippen LogP contribution in [0.4, 0.5) is 11.5 Å². The number of benzene rings is 1. The van der Waals surface area contributed by atoms with Gasteiger partial charge in [0.15, 0.2) is 23.0 Å². The van der Waals surface area contributed by atoms with Gasteiger partial charge in [0, 0.05) is 11.8 Å². The summed E-state index contributed by atoms with van der Waals surface area (Å²) in [5, 5.41) is 13.8. The number of aromatic nitrogens is 2. The van der Waals surface area contributed by atoms with Gasteiger partial charge in [-0.3, -0.25) is 4.79 Å². The average Bonchev–Trinajstić information content (AvgIpc) is 3.31. The van der Waals surface area contributed by atoms with Crippen molar-refractivity contribution in [3.8, 4) is 11.5 Å². The highest BCUT2D eigenvalue weighted by atomic mass is 16.7. The lowest BCUT2D eigenvalue weighted by Crippen LogP contribution is -2.23. The minimum absolute atomic E-state index is 0.223. The Balaban J connectivity index is 1.39. The highest BCUT2D eigenvalue weighted by Gasteiger charge is 2.14. The summed E-state index contributed by atoms with van der Waals surface area (Å²) >= 11 is 0. The monoisotopic (exact) mass is 338 g/mol. The second-order valence-corrected chi connectivity index (χ2v) is 5.26. The number of nitrogens with zero attached hydrogens (tertiary/aromatic N) is 2. The van der Waals surface area contributed by atoms with E-state index in [1.807, 2.05) is 18.2 Å². The lowest BCUT2D eigenvalue weighted by atomic mass is 10.2. The fourth-order valence-electron chi connectivity index (χ4n) is 2.31. The van der Waals surface area contributed by atoms with Gasteiger partial charge in [0.1, 0.15) is 5.76 Å². The van der Waals surface area contributed by atoms with Gasteiger partial charge in [-0.05, 0) is 36.4 Å². The van der Waals surface area contributed by atoms with Crippen molar-refractivity contribution in [2.24, 2.45) is 0 Å². The van der Waals surface area contributed by atoms with E-state index >= 15 is 0 Å². The van der Waals surface area contributed by atoms with Crippen molar-refractivity contribution in [3.63, 3.8) is 0 Å². The molecule has 2 N–H and O–H groups in total. The van der Waals surface area contributed by atoms with Crippen LogP contribution in [0, 0.1) is 0 Å². The van der Waals surface area contributed by atoms with Crippen LogP contribution in [0.5, 0.6) is 11.5 Å². The van der Waals surface area contributed by atoms with E-state index in [-0.39, 0.29) is 18.4 Å². The Kier molecular flexibility index (Phi) is 3.91. The first-order chi connectivity index (χ1) is 12.3. The van der Waals surface area contributed by atoms with Crippen LogP contribution >= 0.6 is 0 Å². The molecular weight excluding hydrogens is 324 g/mol. The molecule has 126 valence electrons. The number of rotatable bonds is 5. The highest BCUT2D eigenvalue weighted by molar-refractivity contribution is 5.92. The number of fused-ring (bicyclic) bond motifs is 1. The Hall–Kier alpha value is -3.55. The fourth-order valence-corrected chi connectivity index (χ4v) is 2.31. The van der Waals surface area contributed by atoms with Crippen molar-refractivity contribution in [3.05, 3.63) is 60.2 Å². The molecule has 1 aliphatic rings. The molecule has 0 aliphatic carbocycles. The zero-order chi connectivity index (χ0) is 17.1. The molecule has 0 bridgehead atoms. The second-order valence-electron chi connectivity index (χ2n) is 5.26. The van der Waals surface area contributed by atoms with Crippen molar-refractivity contribution in [1.29, 1.82) is 0 Å². The summed E-state index contributed by atoms with van der Waals surface area (Å²) in [7, 11) is 0. The lowest BCUT2D eigenvalue weighted by molar-refractivity contribution is 0.0942. The van der Waals surface area contributed by atoms with E-state index in [1.54, 1.807) is 30.5 Å². The van der Waals surface area contributed by atoms with Crippen LogP contribution in [0.1, 0.15) is 16.2 Å². The summed E-state index contributed by atoms with van der Waals surface area (Å²) in [5.74, 6) is 2.24. The Morgan fingerprint density at radius 1 is 1.08 bits per heavy atom. The van der Waals surface area contributed by atoms with Crippen molar-refractivity contribution >= 4 is 17.4 Å². The maximum Gasteiger partial charge on any atom is 0.272 e. The Bertz CT molecular complexity index is 878. The number of furan rings is 1. The third-order valence-electron chi connectivity index (χ3n) is 3.55. The summed E-state index contributed by atoms with van der Waals surface area (Å²) in [6.07, 6.45) is 1.55. The predicted octanol–water partition coefficient (Wildman–Crippen LogP) is 2.47. The first kappa shape index (κ1) is 15.0. The zero-order valence-electron chi connectivity index (χ0n) is 13.1. The topological polar surface area (TPSA) is 98.5 Å². The normalized spacial score (nSPS) is 12.0. The van der Waals surface area contributed by atoms with E-state index in [1.165, 1.54) is 0 Å². The van der Waals surface area contributed by atoms with Crippen LogP contribution in [-0.4, -0.2) is 22.9 Å². The molecule has 0 unspecified atom stereocenters. The smallest absolute Gasteiger partial charge is 0.272 e.